The second-order valence-electron chi connectivity index (χ2n) is 7.77. The SMILES string of the molecule is Cc1cccnc1C(C)(C)CNC(=O)C1(c2cccnc2)CCCC1. The summed E-state index contributed by atoms with van der Waals surface area (Å²) in [5.41, 5.74) is 2.60. The van der Waals surface area contributed by atoms with Crippen LogP contribution in [0.4, 0.5) is 0 Å². The van der Waals surface area contributed by atoms with Crippen molar-refractivity contribution in [3.63, 3.8) is 0 Å². The van der Waals surface area contributed by atoms with Gasteiger partial charge in [-0.05, 0) is 43.0 Å². The van der Waals surface area contributed by atoms with Gasteiger partial charge in [-0.2, -0.15) is 0 Å². The zero-order valence-electron chi connectivity index (χ0n) is 15.4. The van der Waals surface area contributed by atoms with Crippen LogP contribution < -0.4 is 5.32 Å². The molecule has 1 saturated carbocycles. The van der Waals surface area contributed by atoms with Crippen molar-refractivity contribution in [2.75, 3.05) is 6.54 Å². The Morgan fingerprint density at radius 1 is 1.20 bits per heavy atom. The van der Waals surface area contributed by atoms with E-state index in [-0.39, 0.29) is 11.3 Å². The number of hydrogen-bond acceptors (Lipinski definition) is 3. The minimum atomic E-state index is -0.427. The molecule has 0 saturated heterocycles. The van der Waals surface area contributed by atoms with Crippen molar-refractivity contribution in [1.82, 2.24) is 15.3 Å². The fourth-order valence-corrected chi connectivity index (χ4v) is 4.02. The maximum atomic E-state index is 13.2. The van der Waals surface area contributed by atoms with Gasteiger partial charge < -0.3 is 5.32 Å². The summed E-state index contributed by atoms with van der Waals surface area (Å²) in [6.07, 6.45) is 9.40. The Labute approximate surface area is 150 Å². The quantitative estimate of drug-likeness (QED) is 0.905. The first-order valence-corrected chi connectivity index (χ1v) is 9.07. The third-order valence-electron chi connectivity index (χ3n) is 5.45. The van der Waals surface area contributed by atoms with Crippen molar-refractivity contribution in [1.29, 1.82) is 0 Å². The fraction of sp³-hybridized carbons (Fsp3) is 0.476. The number of hydrogen-bond donors (Lipinski definition) is 1. The van der Waals surface area contributed by atoms with Gasteiger partial charge in [0.2, 0.25) is 5.91 Å². The normalized spacial score (nSPS) is 16.6. The molecule has 1 fully saturated rings. The summed E-state index contributed by atoms with van der Waals surface area (Å²) in [4.78, 5) is 21.9. The second-order valence-corrected chi connectivity index (χ2v) is 7.77. The van der Waals surface area contributed by atoms with Crippen LogP contribution in [-0.2, 0) is 15.6 Å². The summed E-state index contributed by atoms with van der Waals surface area (Å²) in [7, 11) is 0. The summed E-state index contributed by atoms with van der Waals surface area (Å²) in [6.45, 7) is 6.91. The van der Waals surface area contributed by atoms with Gasteiger partial charge in [-0.3, -0.25) is 14.8 Å². The van der Waals surface area contributed by atoms with Gasteiger partial charge in [0, 0.05) is 30.6 Å². The van der Waals surface area contributed by atoms with Crippen LogP contribution in [0.25, 0.3) is 0 Å². The number of carbonyl (C=O) groups excluding carboxylic acids is 1. The molecule has 3 rings (SSSR count). The van der Waals surface area contributed by atoms with E-state index in [1.807, 2.05) is 30.6 Å². The van der Waals surface area contributed by atoms with Gasteiger partial charge in [-0.15, -0.1) is 0 Å². The monoisotopic (exact) mass is 337 g/mol. The Morgan fingerprint density at radius 3 is 2.56 bits per heavy atom. The van der Waals surface area contributed by atoms with E-state index in [2.05, 4.69) is 42.1 Å². The minimum Gasteiger partial charge on any atom is -0.354 e. The van der Waals surface area contributed by atoms with Crippen LogP contribution in [0.3, 0.4) is 0 Å². The average Bonchev–Trinajstić information content (AvgIpc) is 3.12. The van der Waals surface area contributed by atoms with Crippen LogP contribution in [0.1, 0.15) is 56.4 Å². The standard InChI is InChI=1S/C21H27N3O/c1-16-8-6-13-23-18(16)20(2,3)15-24-19(25)21(10-4-5-11-21)17-9-7-12-22-14-17/h6-9,12-14H,4-5,10-11,15H2,1-3H3,(H,24,25). The smallest absolute Gasteiger partial charge is 0.230 e. The van der Waals surface area contributed by atoms with E-state index in [9.17, 15) is 4.79 Å². The molecule has 0 spiro atoms. The molecule has 0 aliphatic heterocycles. The predicted octanol–water partition coefficient (Wildman–Crippen LogP) is 3.69. The van der Waals surface area contributed by atoms with Crippen LogP contribution in [0, 0.1) is 6.92 Å². The van der Waals surface area contributed by atoms with Crippen LogP contribution in [-0.4, -0.2) is 22.4 Å². The molecule has 1 N–H and O–H groups in total. The number of aromatic nitrogens is 2. The molecule has 4 heteroatoms. The Balaban J connectivity index is 1.78. The molecule has 0 radical (unpaired) electrons. The Kier molecular flexibility index (Phi) is 4.89. The number of nitrogens with one attached hydrogen (secondary N) is 1. The third kappa shape index (κ3) is 3.44. The van der Waals surface area contributed by atoms with Gasteiger partial charge in [0.15, 0.2) is 0 Å². The summed E-state index contributed by atoms with van der Waals surface area (Å²) < 4.78 is 0. The molecular formula is C21H27N3O. The van der Waals surface area contributed by atoms with Gasteiger partial charge in [0.25, 0.3) is 0 Å². The molecule has 2 heterocycles. The topological polar surface area (TPSA) is 54.9 Å². The highest BCUT2D eigenvalue weighted by Crippen LogP contribution is 2.41. The summed E-state index contributed by atoms with van der Waals surface area (Å²) in [5, 5.41) is 3.22. The van der Waals surface area contributed by atoms with Gasteiger partial charge >= 0.3 is 0 Å². The third-order valence-corrected chi connectivity index (χ3v) is 5.45. The maximum Gasteiger partial charge on any atom is 0.230 e. The summed E-state index contributed by atoms with van der Waals surface area (Å²) in [5.74, 6) is 0.125. The zero-order chi connectivity index (χ0) is 17.9. The fourth-order valence-electron chi connectivity index (χ4n) is 4.02. The number of nitrogens with zero attached hydrogens (tertiary/aromatic N) is 2. The zero-order valence-corrected chi connectivity index (χ0v) is 15.4. The number of aryl methyl sites for hydroxylation is 1. The van der Waals surface area contributed by atoms with Crippen molar-refractivity contribution in [2.24, 2.45) is 0 Å². The molecule has 2 aromatic rings. The predicted molar refractivity (Wildman–Crippen MR) is 99.4 cm³/mol. The van der Waals surface area contributed by atoms with Crippen molar-refractivity contribution in [3.8, 4) is 0 Å². The molecule has 0 aromatic carbocycles. The lowest BCUT2D eigenvalue weighted by Crippen LogP contribution is -2.47. The molecule has 1 amide bonds. The highest BCUT2D eigenvalue weighted by Gasteiger charge is 2.43. The molecule has 0 bridgehead atoms. The van der Waals surface area contributed by atoms with E-state index >= 15 is 0 Å². The summed E-state index contributed by atoms with van der Waals surface area (Å²) in [6, 6.07) is 7.97. The number of pyridine rings is 2. The van der Waals surface area contributed by atoms with Crippen LogP contribution in [0.2, 0.25) is 0 Å². The Hall–Kier alpha value is -2.23. The lowest BCUT2D eigenvalue weighted by molar-refractivity contribution is -0.126. The van der Waals surface area contributed by atoms with Crippen molar-refractivity contribution >= 4 is 5.91 Å². The molecule has 0 atom stereocenters. The Bertz CT molecular complexity index is 734. The average molecular weight is 337 g/mol. The largest absolute Gasteiger partial charge is 0.354 e. The highest BCUT2D eigenvalue weighted by atomic mass is 16.2. The van der Waals surface area contributed by atoms with Crippen molar-refractivity contribution in [2.45, 2.75) is 57.3 Å². The van der Waals surface area contributed by atoms with Gasteiger partial charge in [0.05, 0.1) is 11.1 Å². The van der Waals surface area contributed by atoms with E-state index in [1.165, 1.54) is 0 Å². The van der Waals surface area contributed by atoms with E-state index < -0.39 is 5.41 Å². The molecule has 1 aliphatic rings. The van der Waals surface area contributed by atoms with Gasteiger partial charge in [-0.1, -0.05) is 38.8 Å². The van der Waals surface area contributed by atoms with Crippen LogP contribution in [0.15, 0.2) is 42.9 Å². The van der Waals surface area contributed by atoms with Crippen LogP contribution >= 0.6 is 0 Å². The molecular weight excluding hydrogens is 310 g/mol. The van der Waals surface area contributed by atoms with E-state index in [1.54, 1.807) is 6.20 Å². The van der Waals surface area contributed by atoms with Gasteiger partial charge in [-0.25, -0.2) is 0 Å². The Morgan fingerprint density at radius 2 is 1.92 bits per heavy atom. The van der Waals surface area contributed by atoms with Gasteiger partial charge in [0.1, 0.15) is 0 Å². The number of rotatable bonds is 5. The lowest BCUT2D eigenvalue weighted by atomic mass is 9.78. The molecule has 132 valence electrons. The first kappa shape index (κ1) is 17.6. The number of carbonyl (C=O) groups is 1. The highest BCUT2D eigenvalue weighted by molar-refractivity contribution is 5.88. The van der Waals surface area contributed by atoms with Crippen molar-refractivity contribution < 1.29 is 4.79 Å². The van der Waals surface area contributed by atoms with E-state index in [4.69, 9.17) is 0 Å². The molecule has 0 unspecified atom stereocenters. The van der Waals surface area contributed by atoms with Crippen molar-refractivity contribution in [3.05, 3.63) is 59.7 Å². The first-order chi connectivity index (χ1) is 12.0. The lowest BCUT2D eigenvalue weighted by Gasteiger charge is -2.31. The molecule has 2 aromatic heterocycles. The first-order valence-electron chi connectivity index (χ1n) is 9.07. The molecule has 25 heavy (non-hydrogen) atoms. The summed E-state index contributed by atoms with van der Waals surface area (Å²) >= 11 is 0. The second kappa shape index (κ2) is 6.95. The van der Waals surface area contributed by atoms with E-state index in [0.29, 0.717) is 6.54 Å². The maximum absolute atomic E-state index is 13.2. The van der Waals surface area contributed by atoms with E-state index in [0.717, 1.165) is 42.5 Å². The number of amides is 1. The molecule has 1 aliphatic carbocycles. The molecule has 4 nitrogen and oxygen atoms in total. The minimum absolute atomic E-state index is 0.125. The van der Waals surface area contributed by atoms with Crippen LogP contribution in [0.5, 0.6) is 0 Å².